The van der Waals surface area contributed by atoms with Crippen molar-refractivity contribution >= 4 is 34.1 Å². The van der Waals surface area contributed by atoms with Gasteiger partial charge in [-0.1, -0.05) is 12.1 Å². The summed E-state index contributed by atoms with van der Waals surface area (Å²) >= 11 is 1.36. The zero-order valence-electron chi connectivity index (χ0n) is 15.2. The highest BCUT2D eigenvalue weighted by molar-refractivity contribution is 7.16. The number of ether oxygens (including phenoxy) is 1. The first-order chi connectivity index (χ1) is 13.5. The molecule has 0 spiro atoms. The van der Waals surface area contributed by atoms with Gasteiger partial charge in [-0.25, -0.2) is 4.98 Å². The molecule has 1 aromatic heterocycles. The van der Waals surface area contributed by atoms with E-state index in [4.69, 9.17) is 4.74 Å². The number of hydrogen-bond acceptors (Lipinski definition) is 6. The van der Waals surface area contributed by atoms with Crippen LogP contribution in [0.2, 0.25) is 0 Å². The van der Waals surface area contributed by atoms with Gasteiger partial charge in [-0.15, -0.1) is 11.3 Å². The number of carbonyl (C=O) groups is 1. The molecule has 1 heterocycles. The minimum atomic E-state index is -0.483. The summed E-state index contributed by atoms with van der Waals surface area (Å²) in [5.41, 5.74) is 2.01. The maximum absolute atomic E-state index is 12.2. The number of para-hydroxylation sites is 1. The van der Waals surface area contributed by atoms with Crippen molar-refractivity contribution in [3.63, 3.8) is 0 Å². The van der Waals surface area contributed by atoms with Crippen LogP contribution >= 0.6 is 11.3 Å². The number of nitro groups is 1. The average molecular weight is 395 g/mol. The van der Waals surface area contributed by atoms with Crippen molar-refractivity contribution in [1.82, 2.24) is 4.98 Å². The Morgan fingerprint density at radius 2 is 1.93 bits per heavy atom. The highest BCUT2D eigenvalue weighted by Gasteiger charge is 2.12. The van der Waals surface area contributed by atoms with Crippen molar-refractivity contribution in [3.05, 3.63) is 75.2 Å². The molecule has 0 saturated heterocycles. The molecule has 0 fully saturated rings. The van der Waals surface area contributed by atoms with E-state index in [0.29, 0.717) is 10.7 Å². The highest BCUT2D eigenvalue weighted by Crippen LogP contribution is 2.31. The predicted octanol–water partition coefficient (Wildman–Crippen LogP) is 4.69. The molecule has 1 amide bonds. The van der Waals surface area contributed by atoms with Crippen molar-refractivity contribution < 1.29 is 14.5 Å². The lowest BCUT2D eigenvalue weighted by Gasteiger charge is -2.01. The van der Waals surface area contributed by atoms with E-state index >= 15 is 0 Å². The Bertz CT molecular complexity index is 1040. The molecule has 0 saturated carbocycles. The van der Waals surface area contributed by atoms with Crippen molar-refractivity contribution in [2.45, 2.75) is 6.92 Å². The molecule has 0 atom stereocenters. The topological polar surface area (TPSA) is 94.4 Å². The van der Waals surface area contributed by atoms with E-state index in [1.807, 2.05) is 31.2 Å². The molecule has 0 radical (unpaired) electrons. The average Bonchev–Trinajstić information content (AvgIpc) is 3.06. The molecule has 7 nitrogen and oxygen atoms in total. The molecule has 3 rings (SSSR count). The first-order valence-corrected chi connectivity index (χ1v) is 9.14. The van der Waals surface area contributed by atoms with E-state index in [2.05, 4.69) is 10.3 Å². The number of thiazole rings is 1. The number of nitrogens with zero attached hydrogens (tertiary/aromatic N) is 2. The van der Waals surface area contributed by atoms with Gasteiger partial charge in [0.25, 0.3) is 5.69 Å². The largest absolute Gasteiger partial charge is 0.497 e. The summed E-state index contributed by atoms with van der Waals surface area (Å²) in [5.74, 6) is 0.346. The fraction of sp³-hybridized carbons (Fsp3) is 0.100. The summed E-state index contributed by atoms with van der Waals surface area (Å²) < 4.78 is 5.16. The monoisotopic (exact) mass is 395 g/mol. The molecular weight excluding hydrogens is 378 g/mol. The molecule has 3 aromatic rings. The lowest BCUT2D eigenvalue weighted by Crippen LogP contribution is -2.07. The standard InChI is InChI=1S/C20H17N3O4S/c1-13-19(15-7-10-16(27-2)11-8-15)22-20(28-13)21-18(24)12-9-14-5-3-4-6-17(14)23(25)26/h3-12H,1-2H3,(H,21,22,24)/b12-9+. The summed E-state index contributed by atoms with van der Waals surface area (Å²) in [6, 6.07) is 13.7. The zero-order chi connectivity index (χ0) is 20.1. The Balaban J connectivity index is 1.74. The second-order valence-electron chi connectivity index (χ2n) is 5.79. The number of rotatable bonds is 6. The van der Waals surface area contributed by atoms with Crippen LogP contribution in [0.4, 0.5) is 10.8 Å². The molecule has 0 aliphatic carbocycles. The normalized spacial score (nSPS) is 10.8. The smallest absolute Gasteiger partial charge is 0.276 e. The molecular formula is C20H17N3O4S. The predicted molar refractivity (Wildman–Crippen MR) is 110 cm³/mol. The van der Waals surface area contributed by atoms with E-state index in [1.165, 1.54) is 29.6 Å². The van der Waals surface area contributed by atoms with Crippen molar-refractivity contribution in [1.29, 1.82) is 0 Å². The second-order valence-corrected chi connectivity index (χ2v) is 6.99. The first kappa shape index (κ1) is 19.2. The quantitative estimate of drug-likeness (QED) is 0.371. The lowest BCUT2D eigenvalue weighted by molar-refractivity contribution is -0.385. The van der Waals surface area contributed by atoms with Crippen LogP contribution in [0.15, 0.2) is 54.6 Å². The molecule has 0 bridgehead atoms. The fourth-order valence-electron chi connectivity index (χ4n) is 2.57. The Hall–Kier alpha value is -3.52. The van der Waals surface area contributed by atoms with Gasteiger partial charge in [-0.05, 0) is 43.3 Å². The third-order valence-corrected chi connectivity index (χ3v) is 4.82. The van der Waals surface area contributed by atoms with Crippen LogP contribution in [0.1, 0.15) is 10.4 Å². The number of aromatic nitrogens is 1. The number of amides is 1. The van der Waals surface area contributed by atoms with Gasteiger partial charge in [-0.3, -0.25) is 20.2 Å². The summed E-state index contributed by atoms with van der Waals surface area (Å²) in [5, 5.41) is 14.2. The third kappa shape index (κ3) is 4.41. The highest BCUT2D eigenvalue weighted by atomic mass is 32.1. The van der Waals surface area contributed by atoms with E-state index in [-0.39, 0.29) is 5.69 Å². The molecule has 1 N–H and O–H groups in total. The number of benzene rings is 2. The Kier molecular flexibility index (Phi) is 5.81. The van der Waals surface area contributed by atoms with Crippen LogP contribution in [-0.4, -0.2) is 22.9 Å². The fourth-order valence-corrected chi connectivity index (χ4v) is 3.41. The molecule has 0 unspecified atom stereocenters. The van der Waals surface area contributed by atoms with Crippen molar-refractivity contribution in [3.8, 4) is 17.0 Å². The first-order valence-electron chi connectivity index (χ1n) is 8.32. The number of methoxy groups -OCH3 is 1. The van der Waals surface area contributed by atoms with E-state index in [0.717, 1.165) is 21.9 Å². The summed E-state index contributed by atoms with van der Waals surface area (Å²) in [7, 11) is 1.61. The van der Waals surface area contributed by atoms with Gasteiger partial charge in [0.1, 0.15) is 5.75 Å². The van der Waals surface area contributed by atoms with Gasteiger partial charge in [0, 0.05) is 22.6 Å². The number of aryl methyl sites for hydroxylation is 1. The minimum Gasteiger partial charge on any atom is -0.497 e. The Morgan fingerprint density at radius 1 is 1.21 bits per heavy atom. The molecule has 0 aliphatic rings. The number of anilines is 1. The van der Waals surface area contributed by atoms with Crippen LogP contribution in [0.5, 0.6) is 5.75 Å². The number of carbonyl (C=O) groups excluding carboxylic acids is 1. The molecule has 28 heavy (non-hydrogen) atoms. The van der Waals surface area contributed by atoms with Gasteiger partial charge in [-0.2, -0.15) is 0 Å². The molecule has 142 valence electrons. The van der Waals surface area contributed by atoms with Crippen LogP contribution in [0.3, 0.4) is 0 Å². The van der Waals surface area contributed by atoms with Gasteiger partial charge >= 0.3 is 0 Å². The minimum absolute atomic E-state index is 0.0570. The number of nitrogens with one attached hydrogen (secondary N) is 1. The van der Waals surface area contributed by atoms with E-state index < -0.39 is 10.8 Å². The van der Waals surface area contributed by atoms with E-state index in [1.54, 1.807) is 25.3 Å². The van der Waals surface area contributed by atoms with Crippen molar-refractivity contribution in [2.24, 2.45) is 0 Å². The van der Waals surface area contributed by atoms with Crippen molar-refractivity contribution in [2.75, 3.05) is 12.4 Å². The number of nitro benzene ring substituents is 1. The van der Waals surface area contributed by atoms with Crippen LogP contribution in [0, 0.1) is 17.0 Å². The summed E-state index contributed by atoms with van der Waals surface area (Å²) in [6.07, 6.45) is 2.67. The SMILES string of the molecule is COc1ccc(-c2nc(NC(=O)/C=C/c3ccccc3[N+](=O)[O-])sc2C)cc1. The summed E-state index contributed by atoms with van der Waals surface area (Å²) in [4.78, 5) is 28.2. The molecule has 0 aliphatic heterocycles. The zero-order valence-corrected chi connectivity index (χ0v) is 16.0. The van der Waals surface area contributed by atoms with Gasteiger partial charge in [0.15, 0.2) is 5.13 Å². The van der Waals surface area contributed by atoms with Crippen LogP contribution in [-0.2, 0) is 4.79 Å². The van der Waals surface area contributed by atoms with Gasteiger partial charge in [0.2, 0.25) is 5.91 Å². The lowest BCUT2D eigenvalue weighted by atomic mass is 10.1. The molecule has 2 aromatic carbocycles. The van der Waals surface area contributed by atoms with E-state index in [9.17, 15) is 14.9 Å². The molecule has 8 heteroatoms. The van der Waals surface area contributed by atoms with Crippen LogP contribution < -0.4 is 10.1 Å². The maximum Gasteiger partial charge on any atom is 0.276 e. The second kappa shape index (κ2) is 8.45. The van der Waals surface area contributed by atoms with Crippen LogP contribution in [0.25, 0.3) is 17.3 Å². The number of hydrogen-bond donors (Lipinski definition) is 1. The third-order valence-electron chi connectivity index (χ3n) is 3.94. The van der Waals surface area contributed by atoms with Gasteiger partial charge in [0.05, 0.1) is 23.3 Å². The van der Waals surface area contributed by atoms with Gasteiger partial charge < -0.3 is 4.74 Å². The summed E-state index contributed by atoms with van der Waals surface area (Å²) in [6.45, 7) is 1.93. The Morgan fingerprint density at radius 3 is 2.61 bits per heavy atom. The maximum atomic E-state index is 12.2. The Labute approximate surface area is 165 Å².